The second-order valence-corrected chi connectivity index (χ2v) is 8.28. The van der Waals surface area contributed by atoms with Gasteiger partial charge in [0.05, 0.1) is 25.5 Å². The van der Waals surface area contributed by atoms with Gasteiger partial charge in [-0.15, -0.1) is 0 Å². The molecule has 7 heteroatoms. The van der Waals surface area contributed by atoms with Crippen LogP contribution in [0.1, 0.15) is 32.0 Å². The van der Waals surface area contributed by atoms with E-state index in [1.807, 2.05) is 55.5 Å². The monoisotopic (exact) mass is 392 g/mol. The smallest absolute Gasteiger partial charge is 0.363 e. The lowest BCUT2D eigenvalue weighted by atomic mass is 9.91. The molecule has 0 saturated carbocycles. The fourth-order valence-electron chi connectivity index (χ4n) is 2.77. The van der Waals surface area contributed by atoms with Crippen LogP contribution < -0.4 is 0 Å². The Kier molecular flexibility index (Phi) is 8.14. The molecule has 27 heavy (non-hydrogen) atoms. The van der Waals surface area contributed by atoms with Crippen LogP contribution in [0.25, 0.3) is 0 Å². The Hall–Kier alpha value is -1.56. The van der Waals surface area contributed by atoms with Crippen LogP contribution in [0.2, 0.25) is 0 Å². The summed E-state index contributed by atoms with van der Waals surface area (Å²) in [6, 6.07) is 15.7. The van der Waals surface area contributed by atoms with Crippen LogP contribution in [0.15, 0.2) is 54.7 Å². The zero-order valence-electron chi connectivity index (χ0n) is 16.5. The molecule has 0 aliphatic heterocycles. The van der Waals surface area contributed by atoms with E-state index in [0.29, 0.717) is 26.4 Å². The number of pyridine rings is 1. The lowest BCUT2D eigenvalue weighted by Gasteiger charge is -2.32. The van der Waals surface area contributed by atoms with E-state index in [-0.39, 0.29) is 0 Å². The van der Waals surface area contributed by atoms with Crippen molar-refractivity contribution in [2.45, 2.75) is 26.4 Å². The first-order valence-electron chi connectivity index (χ1n) is 9.18. The van der Waals surface area contributed by atoms with Crippen molar-refractivity contribution in [3.63, 3.8) is 0 Å². The molecular formula is C20H29N2O4P. The van der Waals surface area contributed by atoms with E-state index < -0.39 is 13.3 Å². The SMILES string of the molecule is CCOP(=O)(OCC)N(C)CCOC(C)(c1ccccc1)c1ccccn1. The van der Waals surface area contributed by atoms with Gasteiger partial charge in [0.2, 0.25) is 0 Å². The molecule has 0 bridgehead atoms. The molecule has 1 atom stereocenters. The molecule has 1 aromatic carbocycles. The maximum atomic E-state index is 12.8. The number of hydrogen-bond acceptors (Lipinski definition) is 5. The number of hydrogen-bond donors (Lipinski definition) is 0. The van der Waals surface area contributed by atoms with Gasteiger partial charge in [-0.2, -0.15) is 0 Å². The first-order valence-corrected chi connectivity index (χ1v) is 10.7. The highest BCUT2D eigenvalue weighted by Gasteiger charge is 2.33. The van der Waals surface area contributed by atoms with Gasteiger partial charge in [0.25, 0.3) is 0 Å². The summed E-state index contributed by atoms with van der Waals surface area (Å²) in [6.07, 6.45) is 1.75. The molecule has 2 aromatic rings. The minimum atomic E-state index is -3.30. The third-order valence-electron chi connectivity index (χ3n) is 4.29. The Morgan fingerprint density at radius 2 is 1.67 bits per heavy atom. The maximum Gasteiger partial charge on any atom is 0.407 e. The summed E-state index contributed by atoms with van der Waals surface area (Å²) in [7, 11) is -1.58. The van der Waals surface area contributed by atoms with E-state index >= 15 is 0 Å². The summed E-state index contributed by atoms with van der Waals surface area (Å²) in [5.74, 6) is 0. The quantitative estimate of drug-likeness (QED) is 0.526. The number of ether oxygens (including phenoxy) is 1. The van der Waals surface area contributed by atoms with Crippen molar-refractivity contribution in [2.24, 2.45) is 0 Å². The van der Waals surface area contributed by atoms with Crippen LogP contribution in [0.3, 0.4) is 0 Å². The molecular weight excluding hydrogens is 363 g/mol. The minimum Gasteiger partial charge on any atom is -0.363 e. The average Bonchev–Trinajstić information content (AvgIpc) is 2.69. The van der Waals surface area contributed by atoms with Crippen molar-refractivity contribution < 1.29 is 18.3 Å². The van der Waals surface area contributed by atoms with Crippen molar-refractivity contribution in [3.05, 3.63) is 66.0 Å². The van der Waals surface area contributed by atoms with Gasteiger partial charge in [0, 0.05) is 12.7 Å². The summed E-state index contributed by atoms with van der Waals surface area (Å²) in [4.78, 5) is 4.49. The number of likely N-dealkylation sites (N-methyl/N-ethyl adjacent to an activating group) is 1. The highest BCUT2D eigenvalue weighted by atomic mass is 31.2. The van der Waals surface area contributed by atoms with Crippen molar-refractivity contribution in [1.82, 2.24) is 9.65 Å². The van der Waals surface area contributed by atoms with Crippen LogP contribution >= 0.6 is 7.75 Å². The summed E-state index contributed by atoms with van der Waals surface area (Å²) >= 11 is 0. The lowest BCUT2D eigenvalue weighted by Crippen LogP contribution is -2.32. The second-order valence-electron chi connectivity index (χ2n) is 6.15. The molecule has 2 rings (SSSR count). The molecule has 1 unspecified atom stereocenters. The van der Waals surface area contributed by atoms with Crippen molar-refractivity contribution in [2.75, 3.05) is 33.4 Å². The van der Waals surface area contributed by atoms with Crippen molar-refractivity contribution in [1.29, 1.82) is 0 Å². The van der Waals surface area contributed by atoms with Gasteiger partial charge in [-0.1, -0.05) is 36.4 Å². The molecule has 1 aromatic heterocycles. The Labute approximate surface area is 162 Å². The molecule has 1 heterocycles. The Morgan fingerprint density at radius 3 is 2.22 bits per heavy atom. The van der Waals surface area contributed by atoms with Crippen molar-refractivity contribution in [3.8, 4) is 0 Å². The molecule has 0 fully saturated rings. The van der Waals surface area contributed by atoms with E-state index in [4.69, 9.17) is 13.8 Å². The summed E-state index contributed by atoms with van der Waals surface area (Å²) in [5.41, 5.74) is 1.10. The number of nitrogens with zero attached hydrogens (tertiary/aromatic N) is 2. The van der Waals surface area contributed by atoms with Crippen molar-refractivity contribution >= 4 is 7.75 Å². The highest BCUT2D eigenvalue weighted by molar-refractivity contribution is 7.51. The van der Waals surface area contributed by atoms with Crippen LogP contribution in [-0.2, 0) is 24.0 Å². The molecule has 0 radical (unpaired) electrons. The second kappa shape index (κ2) is 10.1. The largest absolute Gasteiger partial charge is 0.407 e. The van der Waals surface area contributed by atoms with Gasteiger partial charge in [-0.3, -0.25) is 14.0 Å². The summed E-state index contributed by atoms with van der Waals surface area (Å²) in [5, 5.41) is 0. The van der Waals surface area contributed by atoms with E-state index in [9.17, 15) is 4.57 Å². The van der Waals surface area contributed by atoms with E-state index in [2.05, 4.69) is 4.98 Å². The topological polar surface area (TPSA) is 60.9 Å². The van der Waals surface area contributed by atoms with Crippen LogP contribution in [0, 0.1) is 0 Å². The zero-order chi connectivity index (χ0) is 19.8. The zero-order valence-corrected chi connectivity index (χ0v) is 17.4. The molecule has 0 aliphatic rings. The van der Waals surface area contributed by atoms with Crippen LogP contribution in [0.5, 0.6) is 0 Å². The molecule has 148 valence electrons. The minimum absolute atomic E-state index is 0.318. The van der Waals surface area contributed by atoms with Gasteiger partial charge in [0.1, 0.15) is 5.60 Å². The van der Waals surface area contributed by atoms with Gasteiger partial charge < -0.3 is 4.74 Å². The maximum absolute atomic E-state index is 12.8. The first-order chi connectivity index (χ1) is 13.0. The van der Waals surface area contributed by atoms with Crippen LogP contribution in [-0.4, -0.2) is 43.1 Å². The third kappa shape index (κ3) is 5.47. The van der Waals surface area contributed by atoms with Crippen LogP contribution in [0.4, 0.5) is 0 Å². The van der Waals surface area contributed by atoms with E-state index in [1.165, 1.54) is 0 Å². The van der Waals surface area contributed by atoms with Gasteiger partial charge in [0.15, 0.2) is 0 Å². The molecule has 6 nitrogen and oxygen atoms in total. The summed E-state index contributed by atoms with van der Waals surface area (Å²) in [6.45, 7) is 6.95. The number of benzene rings is 1. The molecule has 0 N–H and O–H groups in total. The molecule has 0 saturated heterocycles. The molecule has 0 spiro atoms. The van der Waals surface area contributed by atoms with Gasteiger partial charge in [-0.25, -0.2) is 9.24 Å². The number of rotatable bonds is 11. The molecule has 0 amide bonds. The van der Waals surface area contributed by atoms with Gasteiger partial charge in [-0.05, 0) is 45.5 Å². The standard InChI is InChI=1S/C20H29N2O4P/c1-5-25-27(23,26-6-2)22(4)16-17-24-20(3,18-12-8-7-9-13-18)19-14-10-11-15-21-19/h7-15H,5-6,16-17H2,1-4H3. The fraction of sp³-hybridized carbons (Fsp3) is 0.450. The van der Waals surface area contributed by atoms with Gasteiger partial charge >= 0.3 is 7.75 Å². The first kappa shape index (κ1) is 21.7. The predicted octanol–water partition coefficient (Wildman–Crippen LogP) is 4.47. The normalized spacial score (nSPS) is 14.3. The molecule has 0 aliphatic carbocycles. The fourth-order valence-corrected chi connectivity index (χ4v) is 4.22. The van der Waals surface area contributed by atoms with E-state index in [1.54, 1.807) is 31.8 Å². The lowest BCUT2D eigenvalue weighted by molar-refractivity contribution is -0.0120. The third-order valence-corrected chi connectivity index (χ3v) is 6.49. The highest BCUT2D eigenvalue weighted by Crippen LogP contribution is 2.50. The predicted molar refractivity (Wildman–Crippen MR) is 107 cm³/mol. The average molecular weight is 392 g/mol. The Bertz CT molecular complexity index is 678. The Morgan fingerprint density at radius 1 is 1.04 bits per heavy atom. The Balaban J connectivity index is 2.15. The number of aromatic nitrogens is 1. The summed E-state index contributed by atoms with van der Waals surface area (Å²) < 4.78 is 31.4. The van der Waals surface area contributed by atoms with E-state index in [0.717, 1.165) is 11.3 Å².